The first-order valence-electron chi connectivity index (χ1n) is 6.43. The van der Waals surface area contributed by atoms with Gasteiger partial charge in [0, 0.05) is 16.3 Å². The maximum atomic E-state index is 11.9. The van der Waals surface area contributed by atoms with Gasteiger partial charge >= 0.3 is 6.03 Å². The Labute approximate surface area is 131 Å². The lowest BCUT2D eigenvalue weighted by molar-refractivity contribution is 0.262. The van der Waals surface area contributed by atoms with Gasteiger partial charge in [0.25, 0.3) is 11.8 Å². The number of benzene rings is 2. The lowest BCUT2D eigenvalue weighted by atomic mass is 10.2. The van der Waals surface area contributed by atoms with Crippen LogP contribution in [-0.4, -0.2) is 16.2 Å². The molecule has 0 bridgehead atoms. The van der Waals surface area contributed by atoms with Crippen molar-refractivity contribution in [1.29, 1.82) is 0 Å². The van der Waals surface area contributed by atoms with Crippen LogP contribution in [0.15, 0.2) is 59.1 Å². The lowest BCUT2D eigenvalue weighted by Gasteiger charge is -2.04. The van der Waals surface area contributed by atoms with Crippen molar-refractivity contribution < 1.29 is 9.32 Å². The van der Waals surface area contributed by atoms with Crippen LogP contribution in [0, 0.1) is 0 Å². The molecule has 2 amide bonds. The number of urea groups is 1. The fraction of sp³-hybridized carbons (Fsp3) is 0. The molecule has 0 saturated heterocycles. The number of rotatable bonds is 3. The summed E-state index contributed by atoms with van der Waals surface area (Å²) in [6, 6.07) is 15.6. The molecule has 0 unspecified atom stereocenters. The second-order valence-corrected chi connectivity index (χ2v) is 4.82. The Hall–Kier alpha value is -2.86. The van der Waals surface area contributed by atoms with Gasteiger partial charge in [-0.05, 0) is 35.5 Å². The second-order valence-electron chi connectivity index (χ2n) is 4.38. The molecule has 0 fully saturated rings. The van der Waals surface area contributed by atoms with Crippen molar-refractivity contribution in [3.8, 4) is 11.5 Å². The number of aromatic nitrogens is 2. The van der Waals surface area contributed by atoms with Gasteiger partial charge < -0.3 is 9.84 Å². The summed E-state index contributed by atoms with van der Waals surface area (Å²) in [6.07, 6.45) is 0. The van der Waals surface area contributed by atoms with Gasteiger partial charge in [-0.3, -0.25) is 5.32 Å². The highest BCUT2D eigenvalue weighted by molar-refractivity contribution is 6.30. The monoisotopic (exact) mass is 314 g/mol. The van der Waals surface area contributed by atoms with E-state index in [1.54, 1.807) is 24.3 Å². The molecule has 0 spiro atoms. The van der Waals surface area contributed by atoms with Crippen molar-refractivity contribution in [2.24, 2.45) is 0 Å². The van der Waals surface area contributed by atoms with Crippen LogP contribution in [0.2, 0.25) is 5.02 Å². The minimum Gasteiger partial charge on any atom is -0.332 e. The van der Waals surface area contributed by atoms with E-state index in [4.69, 9.17) is 16.1 Å². The van der Waals surface area contributed by atoms with E-state index in [9.17, 15) is 4.79 Å². The second kappa shape index (κ2) is 6.28. The molecule has 1 aromatic heterocycles. The van der Waals surface area contributed by atoms with Gasteiger partial charge in [0.15, 0.2) is 0 Å². The summed E-state index contributed by atoms with van der Waals surface area (Å²) in [6.45, 7) is 0. The summed E-state index contributed by atoms with van der Waals surface area (Å²) < 4.78 is 5.10. The largest absolute Gasteiger partial charge is 0.332 e. The number of hydrogen-bond acceptors (Lipinski definition) is 4. The summed E-state index contributed by atoms with van der Waals surface area (Å²) in [7, 11) is 0. The van der Waals surface area contributed by atoms with E-state index >= 15 is 0 Å². The molecule has 3 rings (SSSR count). The number of halogens is 1. The van der Waals surface area contributed by atoms with Crippen molar-refractivity contribution in [3.63, 3.8) is 0 Å². The molecule has 0 aliphatic heterocycles. The van der Waals surface area contributed by atoms with Crippen molar-refractivity contribution in [2.75, 3.05) is 10.6 Å². The van der Waals surface area contributed by atoms with Crippen molar-refractivity contribution in [3.05, 3.63) is 59.6 Å². The quantitative estimate of drug-likeness (QED) is 0.764. The van der Waals surface area contributed by atoms with Gasteiger partial charge in [-0.2, -0.15) is 4.98 Å². The molecule has 6 nitrogen and oxygen atoms in total. The van der Waals surface area contributed by atoms with Crippen LogP contribution < -0.4 is 10.6 Å². The maximum absolute atomic E-state index is 11.9. The molecule has 110 valence electrons. The smallest absolute Gasteiger partial charge is 0.326 e. The highest BCUT2D eigenvalue weighted by atomic mass is 35.5. The molecule has 2 N–H and O–H groups in total. The van der Waals surface area contributed by atoms with Gasteiger partial charge in [0.05, 0.1) is 0 Å². The number of nitrogens with one attached hydrogen (secondary N) is 2. The molecule has 7 heteroatoms. The zero-order chi connectivity index (χ0) is 15.4. The average molecular weight is 315 g/mol. The molecule has 0 atom stereocenters. The molecule has 0 saturated carbocycles. The molecular formula is C15H11ClN4O2. The molecule has 0 radical (unpaired) electrons. The van der Waals surface area contributed by atoms with Crippen LogP contribution in [0.3, 0.4) is 0 Å². The van der Waals surface area contributed by atoms with E-state index in [1.165, 1.54) is 0 Å². The van der Waals surface area contributed by atoms with E-state index in [2.05, 4.69) is 20.8 Å². The minimum absolute atomic E-state index is 0.0818. The van der Waals surface area contributed by atoms with Crippen LogP contribution >= 0.6 is 11.6 Å². The Bertz CT molecular complexity index is 789. The number of carbonyl (C=O) groups is 1. The number of anilines is 2. The molecule has 2 aromatic carbocycles. The molecular weight excluding hydrogens is 304 g/mol. The Kier molecular flexibility index (Phi) is 4.02. The number of carbonyl (C=O) groups excluding carboxylic acids is 1. The number of nitrogens with zero attached hydrogens (tertiary/aromatic N) is 2. The van der Waals surface area contributed by atoms with Crippen LogP contribution in [0.25, 0.3) is 11.5 Å². The van der Waals surface area contributed by atoms with Crippen LogP contribution in [-0.2, 0) is 0 Å². The lowest BCUT2D eigenvalue weighted by Crippen LogP contribution is -2.20. The highest BCUT2D eigenvalue weighted by Crippen LogP contribution is 2.18. The summed E-state index contributed by atoms with van der Waals surface area (Å²) in [5.74, 6) is 0.414. The minimum atomic E-state index is -0.484. The number of amides is 2. The summed E-state index contributed by atoms with van der Waals surface area (Å²) >= 11 is 5.85. The van der Waals surface area contributed by atoms with Gasteiger partial charge in [0.2, 0.25) is 0 Å². The Morgan fingerprint density at radius 3 is 2.64 bits per heavy atom. The van der Waals surface area contributed by atoms with Crippen molar-refractivity contribution in [1.82, 2.24) is 10.1 Å². The van der Waals surface area contributed by atoms with E-state index in [0.29, 0.717) is 16.6 Å². The van der Waals surface area contributed by atoms with Crippen LogP contribution in [0.5, 0.6) is 0 Å². The standard InChI is InChI=1S/C15H11ClN4O2/c16-11-7-4-8-12(9-11)17-15(21)19-14-18-13(22-20-14)10-5-2-1-3-6-10/h1-9H,(H2,17,19,20,21). The first-order chi connectivity index (χ1) is 10.7. The third-order valence-corrected chi connectivity index (χ3v) is 2.99. The molecule has 0 aliphatic carbocycles. The third-order valence-electron chi connectivity index (χ3n) is 2.75. The first-order valence-corrected chi connectivity index (χ1v) is 6.81. The predicted molar refractivity (Wildman–Crippen MR) is 83.8 cm³/mol. The van der Waals surface area contributed by atoms with Crippen LogP contribution in [0.4, 0.5) is 16.4 Å². The van der Waals surface area contributed by atoms with Gasteiger partial charge in [-0.1, -0.05) is 35.9 Å². The van der Waals surface area contributed by atoms with E-state index in [-0.39, 0.29) is 5.95 Å². The summed E-state index contributed by atoms with van der Waals surface area (Å²) in [5.41, 5.74) is 1.34. The Morgan fingerprint density at radius 1 is 1.05 bits per heavy atom. The first kappa shape index (κ1) is 14.1. The third kappa shape index (κ3) is 3.42. The van der Waals surface area contributed by atoms with Gasteiger partial charge in [-0.25, -0.2) is 4.79 Å². The van der Waals surface area contributed by atoms with E-state index in [0.717, 1.165) is 5.56 Å². The molecule has 3 aromatic rings. The van der Waals surface area contributed by atoms with Crippen molar-refractivity contribution >= 4 is 29.3 Å². The van der Waals surface area contributed by atoms with Crippen LogP contribution in [0.1, 0.15) is 0 Å². The summed E-state index contributed by atoms with van der Waals surface area (Å²) in [4.78, 5) is 16.0. The predicted octanol–water partition coefficient (Wildman–Crippen LogP) is 4.03. The maximum Gasteiger partial charge on any atom is 0.326 e. The normalized spacial score (nSPS) is 10.2. The van der Waals surface area contributed by atoms with E-state index in [1.807, 2.05) is 30.3 Å². The SMILES string of the molecule is O=C(Nc1cccc(Cl)c1)Nc1noc(-c2ccccc2)n1. The van der Waals surface area contributed by atoms with E-state index < -0.39 is 6.03 Å². The fourth-order valence-electron chi connectivity index (χ4n) is 1.80. The van der Waals surface area contributed by atoms with Gasteiger partial charge in [-0.15, -0.1) is 0 Å². The highest BCUT2D eigenvalue weighted by Gasteiger charge is 2.11. The fourth-order valence-corrected chi connectivity index (χ4v) is 1.99. The van der Waals surface area contributed by atoms with Crippen molar-refractivity contribution in [2.45, 2.75) is 0 Å². The zero-order valence-electron chi connectivity index (χ0n) is 11.3. The Balaban J connectivity index is 1.66. The number of hydrogen-bond donors (Lipinski definition) is 2. The average Bonchev–Trinajstić information content (AvgIpc) is 2.96. The topological polar surface area (TPSA) is 80.0 Å². The molecule has 1 heterocycles. The zero-order valence-corrected chi connectivity index (χ0v) is 12.0. The van der Waals surface area contributed by atoms with Gasteiger partial charge in [0.1, 0.15) is 0 Å². The Morgan fingerprint density at radius 2 is 1.86 bits per heavy atom. The molecule has 0 aliphatic rings. The summed E-state index contributed by atoms with van der Waals surface area (Å²) in [5, 5.41) is 9.35. The molecule has 22 heavy (non-hydrogen) atoms.